The highest BCUT2D eigenvalue weighted by Crippen LogP contribution is 2.40. The number of amides is 2. The van der Waals surface area contributed by atoms with Crippen molar-refractivity contribution < 1.29 is 14.1 Å². The lowest BCUT2D eigenvalue weighted by atomic mass is 10.2. The van der Waals surface area contributed by atoms with E-state index in [0.717, 1.165) is 18.6 Å². The van der Waals surface area contributed by atoms with Gasteiger partial charge in [0.15, 0.2) is 5.69 Å². The molecule has 0 bridgehead atoms. The minimum Gasteiger partial charge on any atom is -0.360 e. The quantitative estimate of drug-likeness (QED) is 0.821. The van der Waals surface area contributed by atoms with Gasteiger partial charge >= 0.3 is 0 Å². The highest BCUT2D eigenvalue weighted by molar-refractivity contribution is 5.94. The van der Waals surface area contributed by atoms with E-state index in [0.29, 0.717) is 5.92 Å². The van der Waals surface area contributed by atoms with Crippen LogP contribution in [0.2, 0.25) is 0 Å². The smallest absolute Gasteiger partial charge is 0.276 e. The molecule has 1 heterocycles. The molecule has 0 aliphatic heterocycles. The number of rotatable bonds is 4. The Morgan fingerprint density at radius 2 is 2.29 bits per heavy atom. The Balaban J connectivity index is 1.99. The summed E-state index contributed by atoms with van der Waals surface area (Å²) in [6.07, 6.45) is 2.19. The van der Waals surface area contributed by atoms with Crippen LogP contribution in [0, 0.1) is 0 Å². The van der Waals surface area contributed by atoms with Crippen LogP contribution in [-0.4, -0.2) is 42.5 Å². The van der Waals surface area contributed by atoms with E-state index in [-0.39, 0.29) is 24.1 Å². The van der Waals surface area contributed by atoms with Crippen LogP contribution in [0.5, 0.6) is 0 Å². The molecular formula is C11H15N3O3. The number of carbonyl (C=O) groups is 2. The SMILES string of the molecule is CNC(=O)CN(C)C(=O)c1cc(C2CC2)on1. The summed E-state index contributed by atoms with van der Waals surface area (Å²) in [5, 5.41) is 6.19. The molecule has 1 aliphatic rings. The Hall–Kier alpha value is -1.85. The Morgan fingerprint density at radius 3 is 2.88 bits per heavy atom. The average molecular weight is 237 g/mol. The maximum absolute atomic E-state index is 11.9. The summed E-state index contributed by atoms with van der Waals surface area (Å²) in [6, 6.07) is 1.67. The zero-order valence-corrected chi connectivity index (χ0v) is 9.90. The molecule has 0 atom stereocenters. The van der Waals surface area contributed by atoms with E-state index in [1.54, 1.807) is 13.1 Å². The molecule has 0 saturated heterocycles. The summed E-state index contributed by atoms with van der Waals surface area (Å²) in [7, 11) is 3.09. The fraction of sp³-hybridized carbons (Fsp3) is 0.545. The molecule has 2 rings (SSSR count). The fourth-order valence-corrected chi connectivity index (χ4v) is 1.51. The van der Waals surface area contributed by atoms with Crippen LogP contribution in [0.4, 0.5) is 0 Å². The van der Waals surface area contributed by atoms with Gasteiger partial charge in [-0.05, 0) is 12.8 Å². The largest absolute Gasteiger partial charge is 0.360 e. The van der Waals surface area contributed by atoms with Gasteiger partial charge in [0.25, 0.3) is 5.91 Å². The van der Waals surface area contributed by atoms with E-state index >= 15 is 0 Å². The Kier molecular flexibility index (Phi) is 3.12. The first-order valence-corrected chi connectivity index (χ1v) is 5.54. The zero-order valence-electron chi connectivity index (χ0n) is 9.90. The van der Waals surface area contributed by atoms with Gasteiger partial charge in [0.2, 0.25) is 5.91 Å². The normalized spacial score (nSPS) is 14.5. The minimum atomic E-state index is -0.302. The third-order valence-corrected chi connectivity index (χ3v) is 2.73. The first-order chi connectivity index (χ1) is 8.11. The second-order valence-electron chi connectivity index (χ2n) is 4.22. The molecule has 0 aromatic carbocycles. The lowest BCUT2D eigenvalue weighted by Gasteiger charge is -2.13. The Labute approximate surface area is 98.9 Å². The number of hydrogen-bond donors (Lipinski definition) is 1. The summed E-state index contributed by atoms with van der Waals surface area (Å²) < 4.78 is 5.09. The number of nitrogens with zero attached hydrogens (tertiary/aromatic N) is 2. The second-order valence-corrected chi connectivity index (χ2v) is 4.22. The molecule has 1 fully saturated rings. The molecular weight excluding hydrogens is 222 g/mol. The molecule has 17 heavy (non-hydrogen) atoms. The molecule has 1 aliphatic carbocycles. The van der Waals surface area contributed by atoms with Crippen molar-refractivity contribution in [3.8, 4) is 0 Å². The average Bonchev–Trinajstić information content (AvgIpc) is 3.06. The lowest BCUT2D eigenvalue weighted by molar-refractivity contribution is -0.121. The molecule has 6 nitrogen and oxygen atoms in total. The van der Waals surface area contributed by atoms with Crippen LogP contribution in [0.25, 0.3) is 0 Å². The second kappa shape index (κ2) is 4.57. The molecule has 0 radical (unpaired) electrons. The van der Waals surface area contributed by atoms with Crippen molar-refractivity contribution >= 4 is 11.8 Å². The van der Waals surface area contributed by atoms with E-state index in [4.69, 9.17) is 4.52 Å². The van der Waals surface area contributed by atoms with Crippen molar-refractivity contribution in [3.05, 3.63) is 17.5 Å². The van der Waals surface area contributed by atoms with E-state index in [2.05, 4.69) is 10.5 Å². The summed E-state index contributed by atoms with van der Waals surface area (Å²) in [5.41, 5.74) is 0.262. The van der Waals surface area contributed by atoms with Gasteiger partial charge in [0, 0.05) is 26.1 Å². The molecule has 1 aromatic heterocycles. The van der Waals surface area contributed by atoms with Crippen molar-refractivity contribution in [3.63, 3.8) is 0 Å². The molecule has 0 spiro atoms. The van der Waals surface area contributed by atoms with Gasteiger partial charge in [0.1, 0.15) is 5.76 Å². The number of hydrogen-bond acceptors (Lipinski definition) is 4. The van der Waals surface area contributed by atoms with Crippen molar-refractivity contribution in [2.75, 3.05) is 20.6 Å². The number of aromatic nitrogens is 1. The molecule has 1 saturated carbocycles. The highest BCUT2D eigenvalue weighted by Gasteiger charge is 2.29. The van der Waals surface area contributed by atoms with E-state index < -0.39 is 0 Å². The van der Waals surface area contributed by atoms with Crippen molar-refractivity contribution in [2.45, 2.75) is 18.8 Å². The number of carbonyl (C=O) groups excluding carboxylic acids is 2. The standard InChI is InChI=1S/C11H15N3O3/c1-12-10(15)6-14(2)11(16)8-5-9(17-13-8)7-3-4-7/h5,7H,3-4,6H2,1-2H3,(H,12,15). The summed E-state index contributed by atoms with van der Waals surface area (Å²) in [5.74, 6) is 0.672. The maximum Gasteiger partial charge on any atom is 0.276 e. The van der Waals surface area contributed by atoms with Gasteiger partial charge in [-0.2, -0.15) is 0 Å². The van der Waals surface area contributed by atoms with E-state index in [9.17, 15) is 9.59 Å². The Morgan fingerprint density at radius 1 is 1.59 bits per heavy atom. The van der Waals surface area contributed by atoms with E-state index in [1.807, 2.05) is 0 Å². The molecule has 1 aromatic rings. The van der Waals surface area contributed by atoms with Crippen LogP contribution in [-0.2, 0) is 4.79 Å². The topological polar surface area (TPSA) is 75.4 Å². The summed E-state index contributed by atoms with van der Waals surface area (Å²) >= 11 is 0. The van der Waals surface area contributed by atoms with Crippen molar-refractivity contribution in [1.82, 2.24) is 15.4 Å². The first-order valence-electron chi connectivity index (χ1n) is 5.54. The molecule has 0 unspecified atom stereocenters. The molecule has 1 N–H and O–H groups in total. The van der Waals surface area contributed by atoms with Gasteiger partial charge in [-0.15, -0.1) is 0 Å². The van der Waals surface area contributed by atoms with E-state index in [1.165, 1.54) is 11.9 Å². The van der Waals surface area contributed by atoms with Gasteiger partial charge in [-0.25, -0.2) is 0 Å². The van der Waals surface area contributed by atoms with Crippen LogP contribution in [0.1, 0.15) is 35.0 Å². The van der Waals surface area contributed by atoms with Crippen molar-refractivity contribution in [2.24, 2.45) is 0 Å². The minimum absolute atomic E-state index is 0.0148. The number of likely N-dealkylation sites (N-methyl/N-ethyl adjacent to an activating group) is 2. The predicted octanol–water partition coefficient (Wildman–Crippen LogP) is 0.370. The zero-order chi connectivity index (χ0) is 12.4. The maximum atomic E-state index is 11.9. The van der Waals surface area contributed by atoms with Crippen molar-refractivity contribution in [1.29, 1.82) is 0 Å². The van der Waals surface area contributed by atoms with Crippen LogP contribution in [0.3, 0.4) is 0 Å². The van der Waals surface area contributed by atoms with Crippen LogP contribution in [0.15, 0.2) is 10.6 Å². The summed E-state index contributed by atoms with van der Waals surface area (Å²) in [6.45, 7) is 0.0148. The third kappa shape index (κ3) is 2.64. The predicted molar refractivity (Wildman–Crippen MR) is 59.5 cm³/mol. The van der Waals surface area contributed by atoms with Crippen LogP contribution < -0.4 is 5.32 Å². The third-order valence-electron chi connectivity index (χ3n) is 2.73. The fourth-order valence-electron chi connectivity index (χ4n) is 1.51. The van der Waals surface area contributed by atoms with Gasteiger partial charge in [0.05, 0.1) is 6.54 Å². The molecule has 2 amide bonds. The van der Waals surface area contributed by atoms with Crippen LogP contribution >= 0.6 is 0 Å². The summed E-state index contributed by atoms with van der Waals surface area (Å²) in [4.78, 5) is 24.3. The Bertz CT molecular complexity index is 437. The highest BCUT2D eigenvalue weighted by atomic mass is 16.5. The van der Waals surface area contributed by atoms with Gasteiger partial charge < -0.3 is 14.7 Å². The molecule has 92 valence electrons. The first kappa shape index (κ1) is 11.6. The van der Waals surface area contributed by atoms with Gasteiger partial charge in [-0.3, -0.25) is 9.59 Å². The van der Waals surface area contributed by atoms with Gasteiger partial charge in [-0.1, -0.05) is 5.16 Å². The monoisotopic (exact) mass is 237 g/mol. The number of nitrogens with one attached hydrogen (secondary N) is 1. The molecule has 6 heteroatoms. The lowest BCUT2D eigenvalue weighted by Crippen LogP contribution is -2.37.